The Morgan fingerprint density at radius 2 is 1.80 bits per heavy atom. The van der Waals surface area contributed by atoms with E-state index in [0.717, 1.165) is 28.7 Å². The molecule has 0 bridgehead atoms. The third kappa shape index (κ3) is 6.24. The van der Waals surface area contributed by atoms with Gasteiger partial charge in [-0.1, -0.05) is 19.1 Å². The zero-order chi connectivity index (χ0) is 32.0. The Morgan fingerprint density at radius 3 is 2.41 bits per heavy atom. The van der Waals surface area contributed by atoms with E-state index in [2.05, 4.69) is 15.0 Å². The number of ether oxygens (including phenoxy) is 1. The molecule has 2 amide bonds. The van der Waals surface area contributed by atoms with Crippen molar-refractivity contribution < 1.29 is 41.0 Å². The molecule has 2 saturated heterocycles. The minimum absolute atomic E-state index is 0.0167. The van der Waals surface area contributed by atoms with Crippen molar-refractivity contribution in [1.29, 1.82) is 0 Å². The van der Waals surface area contributed by atoms with E-state index in [1.165, 1.54) is 22.5 Å². The summed E-state index contributed by atoms with van der Waals surface area (Å²) in [4.78, 5) is 31.8. The number of aliphatic hydroxyl groups is 1. The molecular formula is C30H33F3N4O6S. The van der Waals surface area contributed by atoms with Gasteiger partial charge < -0.3 is 20.1 Å². The van der Waals surface area contributed by atoms with E-state index in [4.69, 9.17) is 0 Å². The molecule has 2 unspecified atom stereocenters. The summed E-state index contributed by atoms with van der Waals surface area (Å²) in [5, 5.41) is 13.5. The van der Waals surface area contributed by atoms with Gasteiger partial charge in [0.2, 0.25) is 15.9 Å². The number of carbonyl (C=O) groups excluding carboxylic acids is 2. The molecule has 44 heavy (non-hydrogen) atoms. The second-order valence-corrected chi connectivity index (χ2v) is 13.3. The predicted octanol–water partition coefficient (Wildman–Crippen LogP) is 3.65. The van der Waals surface area contributed by atoms with E-state index in [1.807, 2.05) is 32.9 Å². The van der Waals surface area contributed by atoms with Crippen molar-refractivity contribution in [2.24, 2.45) is 10.9 Å². The number of piperidine rings is 1. The van der Waals surface area contributed by atoms with Crippen molar-refractivity contribution in [2.45, 2.75) is 58.0 Å². The monoisotopic (exact) mass is 634 g/mol. The predicted molar refractivity (Wildman–Crippen MR) is 157 cm³/mol. The van der Waals surface area contributed by atoms with Gasteiger partial charge >= 0.3 is 6.36 Å². The second kappa shape index (κ2) is 11.6. The highest BCUT2D eigenvalue weighted by molar-refractivity contribution is 7.92. The lowest BCUT2D eigenvalue weighted by atomic mass is 9.89. The van der Waals surface area contributed by atoms with Crippen LogP contribution in [0, 0.1) is 19.8 Å². The second-order valence-electron chi connectivity index (χ2n) is 11.4. The van der Waals surface area contributed by atoms with E-state index in [1.54, 1.807) is 4.90 Å². The molecule has 10 nitrogen and oxygen atoms in total. The van der Waals surface area contributed by atoms with Crippen LogP contribution in [0.25, 0.3) is 6.08 Å². The number of carbonyl (C=O) groups is 2. The number of alkyl halides is 3. The third-order valence-corrected chi connectivity index (χ3v) is 9.92. The Morgan fingerprint density at radius 1 is 1.14 bits per heavy atom. The zero-order valence-corrected chi connectivity index (χ0v) is 25.2. The van der Waals surface area contributed by atoms with Gasteiger partial charge in [-0.25, -0.2) is 8.42 Å². The maximum Gasteiger partial charge on any atom is 0.573 e. The van der Waals surface area contributed by atoms with Crippen LogP contribution in [-0.2, 0) is 19.6 Å². The molecule has 0 aromatic heterocycles. The first-order chi connectivity index (χ1) is 20.6. The highest BCUT2D eigenvalue weighted by atomic mass is 32.2. The summed E-state index contributed by atoms with van der Waals surface area (Å²) in [6.07, 6.45) is -2.61. The van der Waals surface area contributed by atoms with Gasteiger partial charge in [-0.2, -0.15) is 4.31 Å². The van der Waals surface area contributed by atoms with Crippen LogP contribution in [-0.4, -0.2) is 73.1 Å². The van der Waals surface area contributed by atoms with E-state index in [0.29, 0.717) is 17.7 Å². The van der Waals surface area contributed by atoms with Crippen LogP contribution >= 0.6 is 0 Å². The molecule has 5 rings (SSSR count). The number of nitrogens with zero attached hydrogens (tertiary/aromatic N) is 3. The van der Waals surface area contributed by atoms with Crippen LogP contribution < -0.4 is 15.0 Å². The fraction of sp³-hybridized carbons (Fsp3) is 0.433. The van der Waals surface area contributed by atoms with Gasteiger partial charge in [-0.15, -0.1) is 13.2 Å². The fourth-order valence-electron chi connectivity index (χ4n) is 6.06. The van der Waals surface area contributed by atoms with Crippen LogP contribution in [0.2, 0.25) is 0 Å². The molecule has 236 valence electrons. The number of aliphatic hydroxyl groups excluding tert-OH is 1. The molecule has 2 atom stereocenters. The molecule has 0 aliphatic carbocycles. The average molecular weight is 635 g/mol. The van der Waals surface area contributed by atoms with Gasteiger partial charge in [0, 0.05) is 35.7 Å². The summed E-state index contributed by atoms with van der Waals surface area (Å²) in [6, 6.07) is 8.42. The van der Waals surface area contributed by atoms with Crippen LogP contribution in [0.5, 0.6) is 5.75 Å². The molecule has 3 aliphatic heterocycles. The van der Waals surface area contributed by atoms with Gasteiger partial charge in [-0.3, -0.25) is 14.6 Å². The van der Waals surface area contributed by atoms with Crippen LogP contribution in [0.4, 0.5) is 18.9 Å². The molecule has 2 aromatic rings. The minimum Gasteiger partial charge on any atom is -0.406 e. The van der Waals surface area contributed by atoms with Crippen molar-refractivity contribution in [3.8, 4) is 5.75 Å². The first kappa shape index (κ1) is 31.7. The standard InChI is InChI=1S/C30H33F3N4O6S/c1-18-13-22(37-23(17-38)15-20(3)27(37)39)14-19(2)25(18)7-12-44(41,42)36-10-8-29(9-11-36)28(40)34-26(35-29)21-5-4-6-24(16-21)43-30(31,32)33/h4-7,12-14,16,20,23,38H,8-11,15,17H2,1-3H3,(H,34,35,40). The fourth-order valence-corrected chi connectivity index (χ4v) is 7.23. The lowest BCUT2D eigenvalue weighted by Gasteiger charge is -2.34. The summed E-state index contributed by atoms with van der Waals surface area (Å²) in [5.74, 6) is -1.05. The van der Waals surface area contributed by atoms with Gasteiger partial charge in [0.1, 0.15) is 17.1 Å². The van der Waals surface area contributed by atoms with Crippen molar-refractivity contribution >= 4 is 39.4 Å². The number of hydrogen-bond donors (Lipinski definition) is 2. The van der Waals surface area contributed by atoms with Gasteiger partial charge in [0.05, 0.1) is 12.6 Å². The molecule has 14 heteroatoms. The maximum atomic E-state index is 13.3. The van der Waals surface area contributed by atoms with Crippen molar-refractivity contribution in [2.75, 3.05) is 24.6 Å². The van der Waals surface area contributed by atoms with Crippen LogP contribution in [0.3, 0.4) is 0 Å². The number of amides is 2. The Labute approximate surface area is 253 Å². The first-order valence-electron chi connectivity index (χ1n) is 14.1. The van der Waals surface area contributed by atoms with E-state index < -0.39 is 33.6 Å². The van der Waals surface area contributed by atoms with E-state index >= 15 is 0 Å². The average Bonchev–Trinajstić information content (AvgIpc) is 3.42. The number of aryl methyl sites for hydroxylation is 2. The number of aliphatic imine (C=N–C) groups is 1. The largest absolute Gasteiger partial charge is 0.573 e. The van der Waals surface area contributed by atoms with Crippen molar-refractivity contribution in [3.63, 3.8) is 0 Å². The number of amidine groups is 1. The number of sulfonamides is 1. The van der Waals surface area contributed by atoms with Crippen molar-refractivity contribution in [3.05, 3.63) is 64.1 Å². The summed E-state index contributed by atoms with van der Waals surface area (Å²) in [6.45, 7) is 5.36. The van der Waals surface area contributed by atoms with Gasteiger partial charge in [0.25, 0.3) is 5.91 Å². The van der Waals surface area contributed by atoms with Gasteiger partial charge in [0.15, 0.2) is 0 Å². The Hall–Kier alpha value is -3.75. The summed E-state index contributed by atoms with van der Waals surface area (Å²) >= 11 is 0. The number of anilines is 1. The number of nitrogens with one attached hydrogen (secondary N) is 1. The topological polar surface area (TPSA) is 129 Å². The molecule has 3 heterocycles. The molecule has 2 N–H and O–H groups in total. The normalized spacial score (nSPS) is 22.6. The molecule has 1 spiro atoms. The summed E-state index contributed by atoms with van der Waals surface area (Å²) < 4.78 is 69.7. The zero-order valence-electron chi connectivity index (χ0n) is 24.4. The summed E-state index contributed by atoms with van der Waals surface area (Å²) in [5.41, 5.74) is 1.88. The molecule has 3 aliphatic rings. The molecule has 2 fully saturated rings. The number of benzene rings is 2. The quantitative estimate of drug-likeness (QED) is 0.479. The third-order valence-electron chi connectivity index (χ3n) is 8.35. The van der Waals surface area contributed by atoms with Crippen molar-refractivity contribution in [1.82, 2.24) is 9.62 Å². The molecule has 2 aromatic carbocycles. The van der Waals surface area contributed by atoms with Crippen LogP contribution in [0.15, 0.2) is 46.8 Å². The first-order valence-corrected chi connectivity index (χ1v) is 15.6. The highest BCUT2D eigenvalue weighted by Gasteiger charge is 2.47. The number of rotatable bonds is 7. The SMILES string of the molecule is Cc1cc(N2C(=O)C(C)CC2CO)cc(C)c1C=CS(=O)(=O)N1CCC2(CC1)N=C(c1cccc(OC(F)(F)F)c1)NC2=O. The van der Waals surface area contributed by atoms with E-state index in [9.17, 15) is 36.3 Å². The van der Waals surface area contributed by atoms with Crippen LogP contribution in [0.1, 0.15) is 48.4 Å². The lowest BCUT2D eigenvalue weighted by molar-refractivity contribution is -0.274. The molecule has 0 radical (unpaired) electrons. The van der Waals surface area contributed by atoms with E-state index in [-0.39, 0.29) is 61.8 Å². The highest BCUT2D eigenvalue weighted by Crippen LogP contribution is 2.35. The lowest BCUT2D eigenvalue weighted by Crippen LogP contribution is -2.50. The Balaban J connectivity index is 1.29. The Bertz CT molecular complexity index is 1620. The number of halogens is 3. The molecule has 0 saturated carbocycles. The minimum atomic E-state index is -4.87. The number of hydrogen-bond acceptors (Lipinski definition) is 7. The summed E-state index contributed by atoms with van der Waals surface area (Å²) in [7, 11) is -3.87. The Kier molecular flexibility index (Phi) is 8.37. The van der Waals surface area contributed by atoms with Gasteiger partial charge in [-0.05, 0) is 80.1 Å². The molecular weight excluding hydrogens is 601 g/mol. The maximum absolute atomic E-state index is 13.3. The smallest absolute Gasteiger partial charge is 0.406 e.